The van der Waals surface area contributed by atoms with Crippen molar-refractivity contribution in [2.24, 2.45) is 0 Å². The highest BCUT2D eigenvalue weighted by Crippen LogP contribution is 2.23. The van der Waals surface area contributed by atoms with Crippen LogP contribution in [0.15, 0.2) is 51.5 Å². The standard InChI is InChI=1S/C17H15BrN2O3/c1-11-9-14(7-8-15(11)18)22-10-16-19-17(20-23-16)12-3-5-13(21-2)6-4-12/h3-9H,10H2,1-2H3. The molecule has 3 rings (SSSR count). The van der Waals surface area contributed by atoms with E-state index < -0.39 is 0 Å². The fourth-order valence-corrected chi connectivity index (χ4v) is 2.27. The highest BCUT2D eigenvalue weighted by molar-refractivity contribution is 9.10. The van der Waals surface area contributed by atoms with Gasteiger partial charge in [-0.1, -0.05) is 21.1 Å². The van der Waals surface area contributed by atoms with Crippen LogP contribution in [0.5, 0.6) is 11.5 Å². The van der Waals surface area contributed by atoms with Gasteiger partial charge in [0.05, 0.1) is 7.11 Å². The molecule has 3 aromatic rings. The van der Waals surface area contributed by atoms with Gasteiger partial charge in [0, 0.05) is 10.0 Å². The third kappa shape index (κ3) is 3.71. The number of hydrogen-bond donors (Lipinski definition) is 0. The average Bonchev–Trinajstić information content (AvgIpc) is 3.05. The summed E-state index contributed by atoms with van der Waals surface area (Å²) in [5.74, 6) is 2.50. The Morgan fingerprint density at radius 3 is 2.52 bits per heavy atom. The van der Waals surface area contributed by atoms with E-state index in [1.165, 1.54) is 0 Å². The Balaban J connectivity index is 1.67. The second-order valence-corrected chi connectivity index (χ2v) is 5.79. The van der Waals surface area contributed by atoms with Gasteiger partial charge in [-0.15, -0.1) is 0 Å². The summed E-state index contributed by atoms with van der Waals surface area (Å²) in [4.78, 5) is 4.34. The Kier molecular flexibility index (Phi) is 4.62. The first-order valence-electron chi connectivity index (χ1n) is 7.01. The lowest BCUT2D eigenvalue weighted by molar-refractivity contribution is 0.243. The van der Waals surface area contributed by atoms with Crippen LogP contribution in [0, 0.1) is 6.92 Å². The van der Waals surface area contributed by atoms with Crippen molar-refractivity contribution in [1.82, 2.24) is 10.1 Å². The van der Waals surface area contributed by atoms with Gasteiger partial charge in [0.1, 0.15) is 11.5 Å². The molecule has 1 heterocycles. The molecule has 0 N–H and O–H groups in total. The molecule has 0 bridgehead atoms. The monoisotopic (exact) mass is 374 g/mol. The molecule has 0 saturated heterocycles. The van der Waals surface area contributed by atoms with Crippen molar-refractivity contribution in [3.8, 4) is 22.9 Å². The van der Waals surface area contributed by atoms with Gasteiger partial charge in [0.25, 0.3) is 5.89 Å². The smallest absolute Gasteiger partial charge is 0.264 e. The number of rotatable bonds is 5. The number of aryl methyl sites for hydroxylation is 1. The molecule has 0 aliphatic rings. The number of methoxy groups -OCH3 is 1. The maximum Gasteiger partial charge on any atom is 0.264 e. The predicted molar refractivity (Wildman–Crippen MR) is 89.5 cm³/mol. The van der Waals surface area contributed by atoms with Gasteiger partial charge in [-0.3, -0.25) is 0 Å². The third-order valence-corrected chi connectivity index (χ3v) is 4.20. The Morgan fingerprint density at radius 1 is 1.09 bits per heavy atom. The Hall–Kier alpha value is -2.34. The minimum atomic E-state index is 0.226. The third-order valence-electron chi connectivity index (χ3n) is 3.31. The fraction of sp³-hybridized carbons (Fsp3) is 0.176. The minimum absolute atomic E-state index is 0.226. The van der Waals surface area contributed by atoms with Gasteiger partial charge in [0.2, 0.25) is 5.82 Å². The quantitative estimate of drug-likeness (QED) is 0.662. The molecule has 6 heteroatoms. The van der Waals surface area contributed by atoms with Gasteiger partial charge in [-0.2, -0.15) is 4.98 Å². The molecule has 23 heavy (non-hydrogen) atoms. The molecule has 0 amide bonds. The molecule has 0 saturated carbocycles. The van der Waals surface area contributed by atoms with E-state index in [-0.39, 0.29) is 6.61 Å². The van der Waals surface area contributed by atoms with Crippen LogP contribution in [-0.4, -0.2) is 17.3 Å². The van der Waals surface area contributed by atoms with Crippen LogP contribution in [0.1, 0.15) is 11.5 Å². The first kappa shape index (κ1) is 15.6. The van der Waals surface area contributed by atoms with E-state index in [1.807, 2.05) is 49.4 Å². The number of nitrogens with zero attached hydrogens (tertiary/aromatic N) is 2. The van der Waals surface area contributed by atoms with Gasteiger partial charge in [-0.25, -0.2) is 0 Å². The van der Waals surface area contributed by atoms with Crippen LogP contribution in [0.3, 0.4) is 0 Å². The normalized spacial score (nSPS) is 10.6. The predicted octanol–water partition coefficient (Wildman–Crippen LogP) is 4.40. The summed E-state index contributed by atoms with van der Waals surface area (Å²) in [5.41, 5.74) is 1.97. The number of hydrogen-bond acceptors (Lipinski definition) is 5. The molecular weight excluding hydrogens is 360 g/mol. The van der Waals surface area contributed by atoms with Crippen molar-refractivity contribution < 1.29 is 14.0 Å². The highest BCUT2D eigenvalue weighted by Gasteiger charge is 2.09. The zero-order valence-corrected chi connectivity index (χ0v) is 14.3. The van der Waals surface area contributed by atoms with E-state index in [4.69, 9.17) is 14.0 Å². The lowest BCUT2D eigenvalue weighted by Gasteiger charge is -2.05. The Bertz CT molecular complexity index is 800. The summed E-state index contributed by atoms with van der Waals surface area (Å²) < 4.78 is 17.1. The van der Waals surface area contributed by atoms with E-state index >= 15 is 0 Å². The Morgan fingerprint density at radius 2 is 1.83 bits per heavy atom. The summed E-state index contributed by atoms with van der Waals surface area (Å²) in [6.07, 6.45) is 0. The summed E-state index contributed by atoms with van der Waals surface area (Å²) >= 11 is 3.46. The van der Waals surface area contributed by atoms with Crippen molar-refractivity contribution in [2.45, 2.75) is 13.5 Å². The molecule has 0 unspecified atom stereocenters. The maximum absolute atomic E-state index is 5.68. The van der Waals surface area contributed by atoms with Crippen molar-refractivity contribution >= 4 is 15.9 Å². The highest BCUT2D eigenvalue weighted by atomic mass is 79.9. The van der Waals surface area contributed by atoms with Gasteiger partial charge >= 0.3 is 0 Å². The van der Waals surface area contributed by atoms with E-state index in [0.29, 0.717) is 11.7 Å². The molecule has 1 aromatic heterocycles. The van der Waals surface area contributed by atoms with E-state index in [0.717, 1.165) is 27.1 Å². The van der Waals surface area contributed by atoms with Crippen molar-refractivity contribution in [3.05, 3.63) is 58.4 Å². The molecule has 0 aliphatic heterocycles. The number of halogens is 1. The van der Waals surface area contributed by atoms with Crippen molar-refractivity contribution in [2.75, 3.05) is 7.11 Å². The second-order valence-electron chi connectivity index (χ2n) is 4.94. The minimum Gasteiger partial charge on any atom is -0.497 e. The maximum atomic E-state index is 5.68. The lowest BCUT2D eigenvalue weighted by Crippen LogP contribution is -1.96. The van der Waals surface area contributed by atoms with Crippen LogP contribution in [-0.2, 0) is 6.61 Å². The zero-order valence-electron chi connectivity index (χ0n) is 12.7. The van der Waals surface area contributed by atoms with Crippen LogP contribution < -0.4 is 9.47 Å². The first-order valence-corrected chi connectivity index (χ1v) is 7.81. The number of aromatic nitrogens is 2. The van der Waals surface area contributed by atoms with Crippen molar-refractivity contribution in [1.29, 1.82) is 0 Å². The van der Waals surface area contributed by atoms with Gasteiger partial charge in [0.15, 0.2) is 6.61 Å². The summed E-state index contributed by atoms with van der Waals surface area (Å²) in [6, 6.07) is 13.3. The molecule has 5 nitrogen and oxygen atoms in total. The second kappa shape index (κ2) is 6.83. The number of ether oxygens (including phenoxy) is 2. The lowest BCUT2D eigenvalue weighted by atomic mass is 10.2. The van der Waals surface area contributed by atoms with Crippen LogP contribution in [0.2, 0.25) is 0 Å². The van der Waals surface area contributed by atoms with Crippen LogP contribution in [0.4, 0.5) is 0 Å². The molecule has 0 spiro atoms. The summed E-state index contributed by atoms with van der Waals surface area (Å²) in [7, 11) is 1.63. The largest absolute Gasteiger partial charge is 0.497 e. The van der Waals surface area contributed by atoms with Crippen molar-refractivity contribution in [3.63, 3.8) is 0 Å². The molecule has 0 atom stereocenters. The fourth-order valence-electron chi connectivity index (χ4n) is 2.02. The zero-order chi connectivity index (χ0) is 16.2. The average molecular weight is 375 g/mol. The van der Waals surface area contributed by atoms with Gasteiger partial charge < -0.3 is 14.0 Å². The molecule has 118 valence electrons. The molecule has 0 radical (unpaired) electrons. The summed E-state index contributed by atoms with van der Waals surface area (Å²) in [6.45, 7) is 2.23. The SMILES string of the molecule is COc1ccc(-c2noc(COc3ccc(Br)c(C)c3)n2)cc1. The Labute approximate surface area is 142 Å². The topological polar surface area (TPSA) is 57.4 Å². The molecule has 2 aromatic carbocycles. The van der Waals surface area contributed by atoms with E-state index in [2.05, 4.69) is 26.1 Å². The molecule has 0 fully saturated rings. The molecular formula is C17H15BrN2O3. The summed E-state index contributed by atoms with van der Waals surface area (Å²) in [5, 5.41) is 3.97. The van der Waals surface area contributed by atoms with Gasteiger partial charge in [-0.05, 0) is 55.0 Å². The first-order chi connectivity index (χ1) is 11.2. The van der Waals surface area contributed by atoms with E-state index in [1.54, 1.807) is 7.11 Å². The van der Waals surface area contributed by atoms with Crippen LogP contribution in [0.25, 0.3) is 11.4 Å². The molecule has 0 aliphatic carbocycles. The van der Waals surface area contributed by atoms with Crippen LogP contribution >= 0.6 is 15.9 Å². The van der Waals surface area contributed by atoms with E-state index in [9.17, 15) is 0 Å². The number of benzene rings is 2.